The van der Waals surface area contributed by atoms with Crippen molar-refractivity contribution in [2.24, 2.45) is 11.5 Å². The van der Waals surface area contributed by atoms with Crippen molar-refractivity contribution in [2.75, 3.05) is 32.3 Å². The van der Waals surface area contributed by atoms with Gasteiger partial charge in [0.05, 0.1) is 32.5 Å². The van der Waals surface area contributed by atoms with Gasteiger partial charge in [-0.3, -0.25) is 9.69 Å². The van der Waals surface area contributed by atoms with Gasteiger partial charge >= 0.3 is 6.09 Å². The number of nitrogens with zero attached hydrogens (tertiary/aromatic N) is 1. The highest BCUT2D eigenvalue weighted by Crippen LogP contribution is 2.44. The van der Waals surface area contributed by atoms with Crippen LogP contribution >= 0.6 is 0 Å². The fourth-order valence-electron chi connectivity index (χ4n) is 7.05. The van der Waals surface area contributed by atoms with Crippen molar-refractivity contribution in [1.29, 1.82) is 0 Å². The van der Waals surface area contributed by atoms with Crippen LogP contribution in [0.3, 0.4) is 0 Å². The second-order valence-corrected chi connectivity index (χ2v) is 13.4. The molecule has 5 N–H and O–H groups in total. The van der Waals surface area contributed by atoms with E-state index in [4.69, 9.17) is 30.4 Å². The second kappa shape index (κ2) is 17.2. The summed E-state index contributed by atoms with van der Waals surface area (Å²) >= 11 is 0. The number of amides is 2. The standard InChI is InChI=1S/C46H44N4O6/c1-53-34-25-26-40(41(27-34)54-2)50(46(52)55-29-39-37-19-11-9-17-35(37)36-18-10-12-20-38(36)39)28-42(56-33-15-7-4-8-16-33)45(51)49-44(48)32-23-21-31(22-24-32)43(47)30-13-5-3-6-14-30/h3-27,39,42-44H,28-29,47-48H2,1-2H3,(H,49,51). The van der Waals surface area contributed by atoms with Gasteiger partial charge in [0.25, 0.3) is 5.91 Å². The molecule has 0 spiro atoms. The lowest BCUT2D eigenvalue weighted by atomic mass is 9.98. The monoisotopic (exact) mass is 748 g/mol. The Morgan fingerprint density at radius 1 is 0.661 bits per heavy atom. The van der Waals surface area contributed by atoms with Gasteiger partial charge in [-0.05, 0) is 63.2 Å². The maximum absolute atomic E-state index is 14.4. The summed E-state index contributed by atoms with van der Waals surface area (Å²) in [7, 11) is 3.04. The first-order valence-electron chi connectivity index (χ1n) is 18.4. The minimum absolute atomic E-state index is 0.0625. The SMILES string of the molecule is COc1ccc(N(CC(Oc2ccccc2)C(=O)NC(N)c2ccc(C(N)c3ccccc3)cc2)C(=O)OCC2c3ccccc3-c3ccccc32)c(OC)c1. The summed E-state index contributed by atoms with van der Waals surface area (Å²) in [6, 6.07) is 47.1. The van der Waals surface area contributed by atoms with Gasteiger partial charge in [-0.2, -0.15) is 0 Å². The van der Waals surface area contributed by atoms with Crippen molar-refractivity contribution in [2.45, 2.75) is 24.2 Å². The average molecular weight is 749 g/mol. The van der Waals surface area contributed by atoms with Gasteiger partial charge in [-0.1, -0.05) is 121 Å². The van der Waals surface area contributed by atoms with Crippen LogP contribution < -0.4 is 35.9 Å². The quantitative estimate of drug-likeness (QED) is 0.0963. The first-order valence-corrected chi connectivity index (χ1v) is 18.4. The minimum Gasteiger partial charge on any atom is -0.497 e. The maximum atomic E-state index is 14.4. The Balaban J connectivity index is 1.15. The van der Waals surface area contributed by atoms with E-state index in [0.29, 0.717) is 28.5 Å². The molecule has 1 aliphatic carbocycles. The molecule has 0 fully saturated rings. The Morgan fingerprint density at radius 2 is 1.23 bits per heavy atom. The van der Waals surface area contributed by atoms with Gasteiger partial charge in [0.15, 0.2) is 6.10 Å². The molecule has 10 nitrogen and oxygen atoms in total. The Labute approximate surface area is 326 Å². The molecule has 0 aliphatic heterocycles. The molecule has 6 aromatic carbocycles. The third kappa shape index (κ3) is 8.22. The van der Waals surface area contributed by atoms with Crippen molar-refractivity contribution in [3.8, 4) is 28.4 Å². The van der Waals surface area contributed by atoms with E-state index in [1.54, 1.807) is 49.6 Å². The lowest BCUT2D eigenvalue weighted by molar-refractivity contribution is -0.128. The summed E-state index contributed by atoms with van der Waals surface area (Å²) in [5, 5.41) is 2.89. The highest BCUT2D eigenvalue weighted by atomic mass is 16.6. The van der Waals surface area contributed by atoms with Crippen LogP contribution in [0, 0.1) is 0 Å². The molecule has 1 aliphatic rings. The number of fused-ring (bicyclic) bond motifs is 3. The largest absolute Gasteiger partial charge is 0.497 e. The number of anilines is 1. The van der Waals surface area contributed by atoms with Crippen LogP contribution in [0.4, 0.5) is 10.5 Å². The van der Waals surface area contributed by atoms with Gasteiger partial charge < -0.3 is 35.7 Å². The minimum atomic E-state index is -1.23. The van der Waals surface area contributed by atoms with Crippen LogP contribution in [-0.2, 0) is 9.53 Å². The molecule has 6 aromatic rings. The van der Waals surface area contributed by atoms with E-state index in [2.05, 4.69) is 29.6 Å². The molecule has 7 rings (SSSR count). The fourth-order valence-corrected chi connectivity index (χ4v) is 7.05. The molecule has 0 saturated heterocycles. The number of ether oxygens (including phenoxy) is 4. The van der Waals surface area contributed by atoms with Crippen LogP contribution in [-0.4, -0.2) is 45.5 Å². The van der Waals surface area contributed by atoms with Crippen molar-refractivity contribution in [1.82, 2.24) is 5.32 Å². The third-order valence-electron chi connectivity index (χ3n) is 10.0. The Hall–Kier alpha value is -6.62. The normalized spacial score (nSPS) is 13.4. The summed E-state index contributed by atoms with van der Waals surface area (Å²) in [6.45, 7) is -0.190. The van der Waals surface area contributed by atoms with Crippen molar-refractivity contribution in [3.63, 3.8) is 0 Å². The summed E-state index contributed by atoms with van der Waals surface area (Å²) in [6.07, 6.45) is -2.83. The average Bonchev–Trinajstić information content (AvgIpc) is 3.57. The highest BCUT2D eigenvalue weighted by Gasteiger charge is 2.34. The number of benzene rings is 6. The van der Waals surface area contributed by atoms with Crippen molar-refractivity contribution < 1.29 is 28.5 Å². The number of carbonyl (C=O) groups excluding carboxylic acids is 2. The van der Waals surface area contributed by atoms with Crippen LogP contribution in [0.5, 0.6) is 17.2 Å². The molecule has 0 aromatic heterocycles. The lowest BCUT2D eigenvalue weighted by Gasteiger charge is -2.29. The second-order valence-electron chi connectivity index (χ2n) is 13.4. The zero-order valence-electron chi connectivity index (χ0n) is 31.2. The fraction of sp³-hybridized carbons (Fsp3) is 0.174. The number of hydrogen-bond acceptors (Lipinski definition) is 8. The predicted octanol–water partition coefficient (Wildman–Crippen LogP) is 7.73. The van der Waals surface area contributed by atoms with E-state index in [1.807, 2.05) is 84.9 Å². The molecular weight excluding hydrogens is 705 g/mol. The molecular formula is C46H44N4O6. The van der Waals surface area contributed by atoms with E-state index < -0.39 is 24.3 Å². The van der Waals surface area contributed by atoms with E-state index in [1.165, 1.54) is 12.0 Å². The van der Waals surface area contributed by atoms with Gasteiger partial charge in [0.1, 0.15) is 30.0 Å². The smallest absolute Gasteiger partial charge is 0.414 e. The van der Waals surface area contributed by atoms with E-state index >= 15 is 0 Å². The van der Waals surface area contributed by atoms with E-state index in [-0.39, 0.29) is 25.1 Å². The van der Waals surface area contributed by atoms with Crippen molar-refractivity contribution in [3.05, 3.63) is 179 Å². The first kappa shape index (κ1) is 37.7. The molecule has 56 heavy (non-hydrogen) atoms. The molecule has 10 heteroatoms. The zero-order chi connectivity index (χ0) is 39.0. The molecule has 0 radical (unpaired) electrons. The first-order chi connectivity index (χ1) is 27.3. The topological polar surface area (TPSA) is 138 Å². The molecule has 0 bridgehead atoms. The summed E-state index contributed by atoms with van der Waals surface area (Å²) in [4.78, 5) is 29.9. The summed E-state index contributed by atoms with van der Waals surface area (Å²) < 4.78 is 23.6. The number of para-hydroxylation sites is 1. The molecule has 2 amide bonds. The van der Waals surface area contributed by atoms with Crippen molar-refractivity contribution >= 4 is 17.7 Å². The molecule has 3 unspecified atom stereocenters. The number of nitrogens with one attached hydrogen (secondary N) is 1. The Kier molecular flexibility index (Phi) is 11.6. The third-order valence-corrected chi connectivity index (χ3v) is 10.0. The molecule has 3 atom stereocenters. The predicted molar refractivity (Wildman–Crippen MR) is 217 cm³/mol. The van der Waals surface area contributed by atoms with E-state index in [9.17, 15) is 9.59 Å². The van der Waals surface area contributed by atoms with Crippen LogP contribution in [0.1, 0.15) is 45.9 Å². The van der Waals surface area contributed by atoms with Gasteiger partial charge in [0.2, 0.25) is 0 Å². The number of rotatable bonds is 14. The summed E-state index contributed by atoms with van der Waals surface area (Å²) in [5.74, 6) is 0.555. The van der Waals surface area contributed by atoms with Gasteiger partial charge in [0, 0.05) is 12.0 Å². The Bertz CT molecular complexity index is 2220. The number of nitrogens with two attached hydrogens (primary N) is 2. The van der Waals surface area contributed by atoms with Gasteiger partial charge in [-0.15, -0.1) is 0 Å². The van der Waals surface area contributed by atoms with E-state index in [0.717, 1.165) is 33.4 Å². The Morgan fingerprint density at radius 3 is 1.86 bits per heavy atom. The number of hydrogen-bond donors (Lipinski definition) is 3. The molecule has 284 valence electrons. The van der Waals surface area contributed by atoms with Crippen LogP contribution in [0.25, 0.3) is 11.1 Å². The van der Waals surface area contributed by atoms with Crippen LogP contribution in [0.2, 0.25) is 0 Å². The zero-order valence-corrected chi connectivity index (χ0v) is 31.2. The maximum Gasteiger partial charge on any atom is 0.414 e. The van der Waals surface area contributed by atoms with Gasteiger partial charge in [-0.25, -0.2) is 4.79 Å². The molecule has 0 heterocycles. The number of carbonyl (C=O) groups is 2. The highest BCUT2D eigenvalue weighted by molar-refractivity contribution is 5.92. The summed E-state index contributed by atoms with van der Waals surface area (Å²) in [5.41, 5.74) is 20.4. The number of methoxy groups -OCH3 is 2. The van der Waals surface area contributed by atoms with Crippen LogP contribution in [0.15, 0.2) is 152 Å². The lowest BCUT2D eigenvalue weighted by Crippen LogP contribution is -2.50. The molecule has 0 saturated carbocycles.